The van der Waals surface area contributed by atoms with Crippen molar-refractivity contribution in [2.75, 3.05) is 4.90 Å². The van der Waals surface area contributed by atoms with E-state index in [1.807, 2.05) is 115 Å². The minimum Gasteiger partial charge on any atom is -0.308 e. The zero-order valence-corrected chi connectivity index (χ0v) is 23.4. The number of benzene rings is 6. The number of nitriles is 1. The van der Waals surface area contributed by atoms with Crippen LogP contribution in [0.25, 0.3) is 49.7 Å². The molecular formula is C39H23N3O2. The molecule has 8 rings (SSSR count). The zero-order valence-electron chi connectivity index (χ0n) is 23.4. The van der Waals surface area contributed by atoms with Gasteiger partial charge in [-0.05, 0) is 59.2 Å². The van der Waals surface area contributed by atoms with Gasteiger partial charge in [0.1, 0.15) is 0 Å². The topological polar surface area (TPSA) is 66.1 Å². The summed E-state index contributed by atoms with van der Waals surface area (Å²) in [5, 5.41) is 11.6. The van der Waals surface area contributed by atoms with Gasteiger partial charge in [0.2, 0.25) is 0 Å². The van der Waals surface area contributed by atoms with Gasteiger partial charge in [0, 0.05) is 16.3 Å². The third-order valence-corrected chi connectivity index (χ3v) is 8.36. The first-order chi connectivity index (χ1) is 21.7. The monoisotopic (exact) mass is 565 g/mol. The van der Waals surface area contributed by atoms with E-state index in [2.05, 4.69) is 22.8 Å². The van der Waals surface area contributed by atoms with E-state index in [1.54, 1.807) is 12.1 Å². The van der Waals surface area contributed by atoms with Crippen LogP contribution >= 0.6 is 0 Å². The zero-order chi connectivity index (χ0) is 29.8. The highest BCUT2D eigenvalue weighted by Gasteiger charge is 2.40. The van der Waals surface area contributed by atoms with Gasteiger partial charge in [-0.15, -0.1) is 0 Å². The first-order valence-electron chi connectivity index (χ1n) is 14.3. The van der Waals surface area contributed by atoms with Gasteiger partial charge in [-0.25, -0.2) is 4.90 Å². The second-order valence-electron chi connectivity index (χ2n) is 10.8. The van der Waals surface area contributed by atoms with Crippen LogP contribution in [0.2, 0.25) is 0 Å². The van der Waals surface area contributed by atoms with Crippen LogP contribution in [0.15, 0.2) is 140 Å². The van der Waals surface area contributed by atoms with Crippen LogP contribution in [0.1, 0.15) is 26.3 Å². The summed E-state index contributed by atoms with van der Waals surface area (Å²) in [4.78, 5) is 29.7. The third-order valence-electron chi connectivity index (χ3n) is 8.36. The van der Waals surface area contributed by atoms with Gasteiger partial charge in [0.05, 0.1) is 45.2 Å². The molecule has 0 atom stereocenters. The minimum atomic E-state index is -0.354. The summed E-state index contributed by atoms with van der Waals surface area (Å²) in [5.74, 6) is -0.696. The average molecular weight is 566 g/mol. The Morgan fingerprint density at radius 1 is 0.523 bits per heavy atom. The van der Waals surface area contributed by atoms with Gasteiger partial charge in [0.25, 0.3) is 11.8 Å². The van der Waals surface area contributed by atoms with Gasteiger partial charge < -0.3 is 4.57 Å². The van der Waals surface area contributed by atoms with Gasteiger partial charge in [-0.1, -0.05) is 97.1 Å². The smallest absolute Gasteiger partial charge is 0.268 e. The lowest BCUT2D eigenvalue weighted by Gasteiger charge is -2.18. The molecule has 0 saturated heterocycles. The summed E-state index contributed by atoms with van der Waals surface area (Å²) in [6, 6.07) is 46.8. The first kappa shape index (κ1) is 25.5. The molecule has 5 nitrogen and oxygen atoms in total. The highest BCUT2D eigenvalue weighted by Crippen LogP contribution is 2.42. The average Bonchev–Trinajstić information content (AvgIpc) is 3.56. The largest absolute Gasteiger partial charge is 0.308 e. The Bertz CT molecular complexity index is 2340. The summed E-state index contributed by atoms with van der Waals surface area (Å²) < 4.78 is 2.08. The Labute approximate surface area is 253 Å². The van der Waals surface area contributed by atoms with Gasteiger partial charge >= 0.3 is 0 Å². The van der Waals surface area contributed by atoms with Crippen molar-refractivity contribution in [2.24, 2.45) is 0 Å². The van der Waals surface area contributed by atoms with E-state index >= 15 is 0 Å². The SMILES string of the molecule is N#Cc1cccc(-c2cccc3c2c2ccccc2n3-c2cccc3c2C(=O)N(c2ccccc2-c2ccccc2)C3=O)c1. The molecule has 5 heteroatoms. The van der Waals surface area contributed by atoms with E-state index in [4.69, 9.17) is 0 Å². The van der Waals surface area contributed by atoms with Crippen molar-refractivity contribution in [2.45, 2.75) is 0 Å². The van der Waals surface area contributed by atoms with E-state index < -0.39 is 0 Å². The number of rotatable bonds is 4. The molecule has 2 heterocycles. The third kappa shape index (κ3) is 3.72. The normalized spacial score (nSPS) is 12.6. The molecule has 44 heavy (non-hydrogen) atoms. The number of amides is 2. The maximum absolute atomic E-state index is 14.4. The number of fused-ring (bicyclic) bond motifs is 4. The number of hydrogen-bond acceptors (Lipinski definition) is 3. The highest BCUT2D eigenvalue weighted by atomic mass is 16.2. The van der Waals surface area contributed by atoms with Crippen molar-refractivity contribution in [3.05, 3.63) is 156 Å². The second kappa shape index (κ2) is 9.94. The Balaban J connectivity index is 1.36. The van der Waals surface area contributed by atoms with Crippen LogP contribution < -0.4 is 4.90 Å². The van der Waals surface area contributed by atoms with Crippen molar-refractivity contribution >= 4 is 39.3 Å². The van der Waals surface area contributed by atoms with Crippen molar-refractivity contribution in [1.29, 1.82) is 5.26 Å². The van der Waals surface area contributed by atoms with Crippen molar-refractivity contribution in [1.82, 2.24) is 4.57 Å². The van der Waals surface area contributed by atoms with Gasteiger partial charge in [0.15, 0.2) is 0 Å². The van der Waals surface area contributed by atoms with E-state index in [9.17, 15) is 14.9 Å². The molecule has 2 amide bonds. The lowest BCUT2D eigenvalue weighted by atomic mass is 9.98. The maximum atomic E-state index is 14.4. The molecule has 206 valence electrons. The van der Waals surface area contributed by atoms with Crippen LogP contribution in [0.3, 0.4) is 0 Å². The van der Waals surface area contributed by atoms with Crippen LogP contribution in [0.5, 0.6) is 0 Å². The molecule has 6 aromatic carbocycles. The summed E-state index contributed by atoms with van der Waals surface area (Å²) in [5.41, 5.74) is 8.02. The highest BCUT2D eigenvalue weighted by molar-refractivity contribution is 6.36. The van der Waals surface area contributed by atoms with Crippen molar-refractivity contribution in [3.8, 4) is 34.0 Å². The molecule has 0 fully saturated rings. The second-order valence-corrected chi connectivity index (χ2v) is 10.8. The van der Waals surface area contributed by atoms with Crippen LogP contribution in [-0.2, 0) is 0 Å². The molecule has 0 aliphatic carbocycles. The summed E-state index contributed by atoms with van der Waals surface area (Å²) in [6.07, 6.45) is 0. The standard InChI is InChI=1S/C39H23N3O2/c40-24-25-11-8-14-27(23-25)29-17-9-21-34-36(29)30-16-5-7-20-33(30)41(34)35-22-10-18-31-37(35)39(44)42(38(31)43)32-19-6-4-15-28(32)26-12-2-1-3-13-26/h1-23H. The molecule has 7 aromatic rings. The maximum Gasteiger partial charge on any atom is 0.268 e. The number of imide groups is 1. The van der Waals surface area contributed by atoms with E-state index in [0.29, 0.717) is 28.1 Å². The van der Waals surface area contributed by atoms with E-state index in [0.717, 1.165) is 44.1 Å². The van der Waals surface area contributed by atoms with E-state index in [1.165, 1.54) is 4.90 Å². The molecule has 0 saturated carbocycles. The first-order valence-corrected chi connectivity index (χ1v) is 14.3. The molecule has 1 aliphatic heterocycles. The number of nitrogens with zero attached hydrogens (tertiary/aromatic N) is 3. The number of hydrogen-bond donors (Lipinski definition) is 0. The number of carbonyl (C=O) groups excluding carboxylic acids is 2. The molecule has 0 N–H and O–H groups in total. The van der Waals surface area contributed by atoms with Crippen molar-refractivity contribution in [3.63, 3.8) is 0 Å². The predicted molar refractivity (Wildman–Crippen MR) is 174 cm³/mol. The lowest BCUT2D eigenvalue weighted by molar-refractivity contribution is 0.0926. The van der Waals surface area contributed by atoms with Crippen LogP contribution in [0, 0.1) is 11.3 Å². The molecule has 1 aromatic heterocycles. The van der Waals surface area contributed by atoms with Crippen LogP contribution in [-0.4, -0.2) is 16.4 Å². The summed E-state index contributed by atoms with van der Waals surface area (Å²) in [6.45, 7) is 0. The Morgan fingerprint density at radius 3 is 2.02 bits per heavy atom. The fourth-order valence-corrected chi connectivity index (χ4v) is 6.48. The molecule has 1 aliphatic rings. The fraction of sp³-hybridized carbons (Fsp3) is 0. The minimum absolute atomic E-state index is 0.343. The Morgan fingerprint density at radius 2 is 1.16 bits per heavy atom. The van der Waals surface area contributed by atoms with Crippen molar-refractivity contribution < 1.29 is 9.59 Å². The van der Waals surface area contributed by atoms with Gasteiger partial charge in [-0.2, -0.15) is 5.26 Å². The molecular weight excluding hydrogens is 542 g/mol. The quantitative estimate of drug-likeness (QED) is 0.200. The van der Waals surface area contributed by atoms with Crippen LogP contribution in [0.4, 0.5) is 5.69 Å². The summed E-state index contributed by atoms with van der Waals surface area (Å²) in [7, 11) is 0. The number of para-hydroxylation sites is 2. The van der Waals surface area contributed by atoms with E-state index in [-0.39, 0.29) is 11.8 Å². The molecule has 0 spiro atoms. The summed E-state index contributed by atoms with van der Waals surface area (Å²) >= 11 is 0. The molecule has 0 bridgehead atoms. The molecule has 0 unspecified atom stereocenters. The lowest BCUT2D eigenvalue weighted by Crippen LogP contribution is -2.30. The Hall–Kier alpha value is -6.25. The molecule has 0 radical (unpaired) electrons. The van der Waals surface area contributed by atoms with Gasteiger partial charge in [-0.3, -0.25) is 9.59 Å². The Kier molecular flexibility index (Phi) is 5.75. The fourth-order valence-electron chi connectivity index (χ4n) is 6.48. The number of anilines is 1. The predicted octanol–water partition coefficient (Wildman–Crippen LogP) is 8.79. The number of aromatic nitrogens is 1. The number of carbonyl (C=O) groups is 2.